The lowest BCUT2D eigenvalue weighted by Gasteiger charge is -2.15. The minimum absolute atomic E-state index is 0.519. The molecule has 22 heavy (non-hydrogen) atoms. The number of H-pyrrole nitrogens is 2. The number of hydrogen-bond donors (Lipinski definition) is 2. The van der Waals surface area contributed by atoms with Gasteiger partial charge in [0.25, 0.3) is 0 Å². The van der Waals surface area contributed by atoms with Crippen LogP contribution in [-0.4, -0.2) is 38.2 Å². The summed E-state index contributed by atoms with van der Waals surface area (Å²) in [5.41, 5.74) is 3.58. The number of nitrogens with zero attached hydrogens (tertiary/aromatic N) is 3. The average Bonchev–Trinajstić information content (AvgIpc) is 3.25. The normalized spacial score (nSPS) is 19.0. The third kappa shape index (κ3) is 2.60. The van der Waals surface area contributed by atoms with Gasteiger partial charge in [-0.1, -0.05) is 6.07 Å². The molecular formula is C16H19N5S. The lowest BCUT2D eigenvalue weighted by Crippen LogP contribution is -2.20. The molecule has 0 unspecified atom stereocenters. The summed E-state index contributed by atoms with van der Waals surface area (Å²) in [6, 6.07) is 4.22. The van der Waals surface area contributed by atoms with Crippen molar-refractivity contribution >= 4 is 11.3 Å². The van der Waals surface area contributed by atoms with Gasteiger partial charge in [0.05, 0.1) is 16.8 Å². The SMILES string of the molecule is Cc1cnc([C@H]2CCN(Cc3cn[nH]c3-c3cccs3)C2)[nH]1. The fourth-order valence-corrected chi connectivity index (χ4v) is 3.90. The minimum atomic E-state index is 0.519. The molecule has 1 saturated heterocycles. The highest BCUT2D eigenvalue weighted by atomic mass is 32.1. The molecule has 4 rings (SSSR count). The van der Waals surface area contributed by atoms with Crippen LogP contribution >= 0.6 is 11.3 Å². The molecule has 1 aliphatic rings. The van der Waals surface area contributed by atoms with Gasteiger partial charge in [0.15, 0.2) is 0 Å². The first-order chi connectivity index (χ1) is 10.8. The Kier molecular flexibility index (Phi) is 3.56. The lowest BCUT2D eigenvalue weighted by molar-refractivity contribution is 0.326. The molecule has 6 heteroatoms. The summed E-state index contributed by atoms with van der Waals surface area (Å²) in [5, 5.41) is 9.48. The summed E-state index contributed by atoms with van der Waals surface area (Å²) in [4.78, 5) is 11.6. The van der Waals surface area contributed by atoms with Crippen LogP contribution in [0.15, 0.2) is 29.9 Å². The summed E-state index contributed by atoms with van der Waals surface area (Å²) in [6.45, 7) is 5.17. The van der Waals surface area contributed by atoms with Crippen LogP contribution in [0.1, 0.15) is 29.4 Å². The molecule has 2 N–H and O–H groups in total. The number of hydrogen-bond acceptors (Lipinski definition) is 4. The summed E-state index contributed by atoms with van der Waals surface area (Å²) in [7, 11) is 0. The van der Waals surface area contributed by atoms with Gasteiger partial charge in [-0.15, -0.1) is 11.3 Å². The zero-order valence-corrected chi connectivity index (χ0v) is 13.4. The van der Waals surface area contributed by atoms with E-state index in [1.54, 1.807) is 11.3 Å². The van der Waals surface area contributed by atoms with E-state index in [2.05, 4.69) is 49.5 Å². The smallest absolute Gasteiger partial charge is 0.110 e. The standard InChI is InChI=1S/C16H19N5S/c1-11-7-17-16(19-11)12-4-5-21(9-12)10-13-8-18-20-15(13)14-3-2-6-22-14/h2-3,6-8,12H,4-5,9-10H2,1H3,(H,17,19)(H,18,20)/t12-/m0/s1. The van der Waals surface area contributed by atoms with Crippen LogP contribution in [0.5, 0.6) is 0 Å². The van der Waals surface area contributed by atoms with E-state index in [1.807, 2.05) is 12.4 Å². The number of nitrogens with one attached hydrogen (secondary N) is 2. The summed E-state index contributed by atoms with van der Waals surface area (Å²) in [6.07, 6.45) is 5.04. The van der Waals surface area contributed by atoms with E-state index in [0.717, 1.165) is 36.8 Å². The van der Waals surface area contributed by atoms with Gasteiger partial charge in [0.2, 0.25) is 0 Å². The Labute approximate surface area is 133 Å². The second-order valence-electron chi connectivity index (χ2n) is 5.92. The quantitative estimate of drug-likeness (QED) is 0.778. The summed E-state index contributed by atoms with van der Waals surface area (Å²) < 4.78 is 0. The zero-order valence-electron chi connectivity index (χ0n) is 12.5. The Morgan fingerprint density at radius 1 is 1.41 bits per heavy atom. The number of thiophene rings is 1. The Bertz CT molecular complexity index is 742. The zero-order chi connectivity index (χ0) is 14.9. The molecular weight excluding hydrogens is 294 g/mol. The van der Waals surface area contributed by atoms with Crippen molar-refractivity contribution in [2.24, 2.45) is 0 Å². The van der Waals surface area contributed by atoms with E-state index < -0.39 is 0 Å². The van der Waals surface area contributed by atoms with Crippen LogP contribution in [0.2, 0.25) is 0 Å². The minimum Gasteiger partial charge on any atom is -0.346 e. The van der Waals surface area contributed by atoms with Crippen molar-refractivity contribution in [1.82, 2.24) is 25.1 Å². The molecule has 3 aromatic heterocycles. The van der Waals surface area contributed by atoms with Crippen molar-refractivity contribution in [2.75, 3.05) is 13.1 Å². The van der Waals surface area contributed by atoms with E-state index >= 15 is 0 Å². The monoisotopic (exact) mass is 313 g/mol. The average molecular weight is 313 g/mol. The van der Waals surface area contributed by atoms with Crippen LogP contribution in [-0.2, 0) is 6.54 Å². The number of rotatable bonds is 4. The molecule has 4 heterocycles. The molecule has 1 aliphatic heterocycles. The highest BCUT2D eigenvalue weighted by Crippen LogP contribution is 2.30. The van der Waals surface area contributed by atoms with Gasteiger partial charge >= 0.3 is 0 Å². The maximum atomic E-state index is 4.49. The van der Waals surface area contributed by atoms with Crippen molar-refractivity contribution in [3.8, 4) is 10.6 Å². The lowest BCUT2D eigenvalue weighted by atomic mass is 10.1. The second kappa shape index (κ2) is 5.70. The Hall–Kier alpha value is -1.92. The highest BCUT2D eigenvalue weighted by molar-refractivity contribution is 7.13. The maximum Gasteiger partial charge on any atom is 0.110 e. The molecule has 0 amide bonds. The topological polar surface area (TPSA) is 60.6 Å². The number of aromatic amines is 2. The first-order valence-corrected chi connectivity index (χ1v) is 8.47. The van der Waals surface area contributed by atoms with Gasteiger partial charge in [0, 0.05) is 36.5 Å². The Morgan fingerprint density at radius 3 is 3.14 bits per heavy atom. The van der Waals surface area contributed by atoms with Crippen molar-refractivity contribution in [3.05, 3.63) is 47.0 Å². The fraction of sp³-hybridized carbons (Fsp3) is 0.375. The predicted octanol–water partition coefficient (Wildman–Crippen LogP) is 3.16. The van der Waals surface area contributed by atoms with E-state index in [0.29, 0.717) is 5.92 Å². The van der Waals surface area contributed by atoms with E-state index in [4.69, 9.17) is 0 Å². The van der Waals surface area contributed by atoms with Crippen LogP contribution in [0, 0.1) is 6.92 Å². The van der Waals surface area contributed by atoms with Crippen LogP contribution < -0.4 is 0 Å². The van der Waals surface area contributed by atoms with Gasteiger partial charge < -0.3 is 4.98 Å². The fourth-order valence-electron chi connectivity index (χ4n) is 3.15. The van der Waals surface area contributed by atoms with Crippen molar-refractivity contribution < 1.29 is 0 Å². The van der Waals surface area contributed by atoms with Gasteiger partial charge in [-0.25, -0.2) is 4.98 Å². The summed E-state index contributed by atoms with van der Waals surface area (Å²) in [5.74, 6) is 1.65. The first-order valence-electron chi connectivity index (χ1n) is 7.59. The van der Waals surface area contributed by atoms with E-state index in [9.17, 15) is 0 Å². The van der Waals surface area contributed by atoms with Gasteiger partial charge in [-0.2, -0.15) is 5.10 Å². The molecule has 1 fully saturated rings. The van der Waals surface area contributed by atoms with Crippen LogP contribution in [0.25, 0.3) is 10.6 Å². The largest absolute Gasteiger partial charge is 0.346 e. The third-order valence-corrected chi connectivity index (χ3v) is 5.15. The van der Waals surface area contributed by atoms with Crippen molar-refractivity contribution in [1.29, 1.82) is 0 Å². The number of likely N-dealkylation sites (tertiary alicyclic amines) is 1. The first kappa shape index (κ1) is 13.7. The molecule has 0 radical (unpaired) electrons. The van der Waals surface area contributed by atoms with Gasteiger partial charge in [-0.05, 0) is 31.3 Å². The Balaban J connectivity index is 1.46. The van der Waals surface area contributed by atoms with Crippen molar-refractivity contribution in [2.45, 2.75) is 25.8 Å². The molecule has 0 aliphatic carbocycles. The number of imidazole rings is 1. The predicted molar refractivity (Wildman–Crippen MR) is 87.9 cm³/mol. The molecule has 0 spiro atoms. The summed E-state index contributed by atoms with van der Waals surface area (Å²) >= 11 is 1.75. The molecule has 5 nitrogen and oxygen atoms in total. The van der Waals surface area contributed by atoms with Crippen LogP contribution in [0.4, 0.5) is 0 Å². The molecule has 1 atom stereocenters. The number of aromatic nitrogens is 4. The Morgan fingerprint density at radius 2 is 2.36 bits per heavy atom. The third-order valence-electron chi connectivity index (χ3n) is 4.26. The molecule has 3 aromatic rings. The highest BCUT2D eigenvalue weighted by Gasteiger charge is 2.26. The molecule has 0 aromatic carbocycles. The van der Waals surface area contributed by atoms with E-state index in [-0.39, 0.29) is 0 Å². The number of aryl methyl sites for hydroxylation is 1. The molecule has 0 saturated carbocycles. The van der Waals surface area contributed by atoms with Crippen LogP contribution in [0.3, 0.4) is 0 Å². The van der Waals surface area contributed by atoms with Gasteiger partial charge in [0.1, 0.15) is 5.82 Å². The molecule has 114 valence electrons. The van der Waals surface area contributed by atoms with E-state index in [1.165, 1.54) is 16.9 Å². The molecule has 0 bridgehead atoms. The second-order valence-corrected chi connectivity index (χ2v) is 6.87. The van der Waals surface area contributed by atoms with Gasteiger partial charge in [-0.3, -0.25) is 10.00 Å². The van der Waals surface area contributed by atoms with Crippen molar-refractivity contribution in [3.63, 3.8) is 0 Å². The maximum absolute atomic E-state index is 4.49.